The molecule has 0 saturated heterocycles. The molecule has 2 saturated carbocycles. The molecular weight excluding hydrogens is 535 g/mol. The van der Waals surface area contributed by atoms with Crippen LogP contribution < -0.4 is 16.4 Å². The lowest BCUT2D eigenvalue weighted by Crippen LogP contribution is -2.29. The molecule has 4 N–H and O–H groups in total. The monoisotopic (exact) mass is 557 g/mol. The molecule has 3 aromatic rings. The van der Waals surface area contributed by atoms with Crippen molar-refractivity contribution in [2.45, 2.75) is 63.0 Å². The van der Waals surface area contributed by atoms with Crippen LogP contribution in [0.4, 0.5) is 26.4 Å². The zero-order chi connectivity index (χ0) is 25.6. The predicted octanol–water partition coefficient (Wildman–Crippen LogP) is 6.35. The summed E-state index contributed by atoms with van der Waals surface area (Å²) >= 11 is 18.9. The Hall–Kier alpha value is -2.43. The molecule has 0 spiro atoms. The number of hydrogen-bond acceptors (Lipinski definition) is 6. The Morgan fingerprint density at radius 3 is 2.39 bits per heavy atom. The lowest BCUT2D eigenvalue weighted by atomic mass is 9.85. The van der Waals surface area contributed by atoms with Gasteiger partial charge in [-0.15, -0.1) is 0 Å². The zero-order valence-corrected chi connectivity index (χ0v) is 21.3. The molecule has 0 unspecified atom stereocenters. The van der Waals surface area contributed by atoms with E-state index in [1.165, 1.54) is 0 Å². The van der Waals surface area contributed by atoms with Crippen LogP contribution in [-0.2, 0) is 4.79 Å². The molecule has 2 fully saturated rings. The van der Waals surface area contributed by atoms with E-state index in [0.717, 1.165) is 0 Å². The first-order valence-corrected chi connectivity index (χ1v) is 12.8. The summed E-state index contributed by atoms with van der Waals surface area (Å²) < 4.78 is 29.3. The molecule has 0 bridgehead atoms. The molecule has 2 aliphatic rings. The highest BCUT2D eigenvalue weighted by molar-refractivity contribution is 6.41. The van der Waals surface area contributed by atoms with Crippen LogP contribution in [0.15, 0.2) is 18.3 Å². The topological polar surface area (TPSA) is 111 Å². The Kier molecular flexibility index (Phi) is 6.86. The number of halogens is 5. The molecule has 13 heteroatoms. The Morgan fingerprint density at radius 2 is 1.78 bits per heavy atom. The van der Waals surface area contributed by atoms with Gasteiger partial charge in [-0.3, -0.25) is 9.36 Å². The molecule has 1 aromatic carbocycles. The van der Waals surface area contributed by atoms with E-state index in [2.05, 4.69) is 25.6 Å². The Bertz CT molecular complexity index is 1290. The Morgan fingerprint density at radius 1 is 1.08 bits per heavy atom. The van der Waals surface area contributed by atoms with E-state index < -0.39 is 12.0 Å². The van der Waals surface area contributed by atoms with E-state index in [9.17, 15) is 13.6 Å². The number of nitrogens with one attached hydrogen (secondary N) is 2. The number of nitrogens with zero attached hydrogens (tertiary/aromatic N) is 4. The minimum Gasteiger partial charge on any atom is -0.369 e. The third-order valence-corrected chi connectivity index (χ3v) is 7.69. The fourth-order valence-electron chi connectivity index (χ4n) is 5.04. The van der Waals surface area contributed by atoms with Gasteiger partial charge in [0, 0.05) is 35.9 Å². The number of anilines is 3. The van der Waals surface area contributed by atoms with Crippen molar-refractivity contribution in [2.75, 3.05) is 10.6 Å². The van der Waals surface area contributed by atoms with Gasteiger partial charge in [0.15, 0.2) is 5.65 Å². The first kappa shape index (κ1) is 25.2. The molecule has 8 nitrogen and oxygen atoms in total. The second kappa shape index (κ2) is 9.79. The minimum absolute atomic E-state index is 0.0449. The smallest absolute Gasteiger partial charge is 0.250 e. The van der Waals surface area contributed by atoms with Gasteiger partial charge in [0.25, 0.3) is 0 Å². The lowest BCUT2D eigenvalue weighted by molar-refractivity contribution is -0.122. The number of rotatable bonds is 6. The average molecular weight is 559 g/mol. The highest BCUT2D eigenvalue weighted by Crippen LogP contribution is 2.40. The van der Waals surface area contributed by atoms with Crippen LogP contribution in [0.3, 0.4) is 0 Å². The summed E-state index contributed by atoms with van der Waals surface area (Å²) in [6, 6.07) is 2.68. The van der Waals surface area contributed by atoms with Crippen LogP contribution in [0, 0.1) is 5.92 Å². The maximum atomic E-state index is 13.7. The Labute approximate surface area is 220 Å². The number of benzene rings is 1. The van der Waals surface area contributed by atoms with E-state index in [1.54, 1.807) is 18.3 Å². The summed E-state index contributed by atoms with van der Waals surface area (Å²) in [5, 5.41) is 7.29. The van der Waals surface area contributed by atoms with Crippen LogP contribution in [-0.4, -0.2) is 37.4 Å². The number of hydrogen-bond donors (Lipinski definition) is 3. The third kappa shape index (κ3) is 5.17. The van der Waals surface area contributed by atoms with Crippen LogP contribution in [0.1, 0.15) is 51.0 Å². The fourth-order valence-corrected chi connectivity index (χ4v) is 5.95. The van der Waals surface area contributed by atoms with E-state index >= 15 is 0 Å². The van der Waals surface area contributed by atoms with Gasteiger partial charge in [-0.1, -0.05) is 34.8 Å². The van der Waals surface area contributed by atoms with Gasteiger partial charge >= 0.3 is 0 Å². The van der Waals surface area contributed by atoms with Gasteiger partial charge in [-0.2, -0.15) is 4.98 Å². The summed E-state index contributed by atoms with van der Waals surface area (Å²) in [5.41, 5.74) is 7.00. The van der Waals surface area contributed by atoms with Gasteiger partial charge in [0.2, 0.25) is 23.7 Å². The summed E-state index contributed by atoms with van der Waals surface area (Å²) in [6.45, 7) is 0. The molecule has 2 aliphatic carbocycles. The maximum absolute atomic E-state index is 13.7. The number of nitrogens with two attached hydrogens (primary N) is 1. The fraction of sp³-hybridized carbons (Fsp3) is 0.478. The standard InChI is InChI=1S/C23H24Cl3F2N7O/c24-12-7-15(25)18(16(26)8-12)33-22-32-17-10-30-21(31-13-5-6-23(27,28)9-13)34-20(17)35(22)14-3-1-11(2-4-14)19(29)36/h7-8,10-11,13-14H,1-6,9H2,(H2,29,36)(H,32,33)(H,30,31,34)/t11?,13-,14?/m0/s1. The highest BCUT2D eigenvalue weighted by atomic mass is 35.5. The van der Waals surface area contributed by atoms with Gasteiger partial charge in [-0.05, 0) is 44.2 Å². The van der Waals surface area contributed by atoms with Crippen LogP contribution in [0.25, 0.3) is 11.2 Å². The number of amides is 1. The highest BCUT2D eigenvalue weighted by Gasteiger charge is 2.39. The number of carbonyl (C=O) groups excluding carboxylic acids is 1. The Balaban J connectivity index is 1.52. The van der Waals surface area contributed by atoms with Gasteiger partial charge in [0.05, 0.1) is 21.9 Å². The van der Waals surface area contributed by atoms with Crippen molar-refractivity contribution in [2.24, 2.45) is 11.7 Å². The first-order valence-electron chi connectivity index (χ1n) is 11.7. The number of fused-ring (bicyclic) bond motifs is 1. The predicted molar refractivity (Wildman–Crippen MR) is 136 cm³/mol. The first-order chi connectivity index (χ1) is 17.1. The molecule has 1 atom stereocenters. The van der Waals surface area contributed by atoms with Crippen molar-refractivity contribution in [3.05, 3.63) is 33.4 Å². The number of primary amides is 1. The molecule has 1 amide bonds. The van der Waals surface area contributed by atoms with Crippen LogP contribution >= 0.6 is 34.8 Å². The van der Waals surface area contributed by atoms with E-state index in [4.69, 9.17) is 40.5 Å². The molecular formula is C23H24Cl3F2N7O. The number of imidazole rings is 1. The SMILES string of the molecule is NC(=O)C1CCC(n2c(Nc3c(Cl)cc(Cl)cc3Cl)nc3cnc(N[C@H]4CCC(F)(F)C4)nc32)CC1. The molecule has 0 aliphatic heterocycles. The maximum Gasteiger partial charge on any atom is 0.250 e. The van der Waals surface area contributed by atoms with Gasteiger partial charge < -0.3 is 16.4 Å². The van der Waals surface area contributed by atoms with Crippen molar-refractivity contribution in [3.63, 3.8) is 0 Å². The van der Waals surface area contributed by atoms with Crippen LogP contribution in [0.2, 0.25) is 15.1 Å². The summed E-state index contributed by atoms with van der Waals surface area (Å²) in [5.74, 6) is -2.46. The van der Waals surface area contributed by atoms with Gasteiger partial charge in [-0.25, -0.2) is 18.7 Å². The lowest BCUT2D eigenvalue weighted by Gasteiger charge is -2.29. The zero-order valence-electron chi connectivity index (χ0n) is 19.1. The quantitative estimate of drug-likeness (QED) is 0.325. The molecule has 36 heavy (non-hydrogen) atoms. The van der Waals surface area contributed by atoms with Gasteiger partial charge in [0.1, 0.15) is 5.52 Å². The van der Waals surface area contributed by atoms with Crippen molar-refractivity contribution in [3.8, 4) is 0 Å². The second-order valence-corrected chi connectivity index (χ2v) is 10.7. The summed E-state index contributed by atoms with van der Waals surface area (Å²) in [6.07, 6.45) is 4.10. The molecule has 192 valence electrons. The van der Waals surface area contributed by atoms with E-state index in [1.807, 2.05) is 4.57 Å². The van der Waals surface area contributed by atoms with E-state index in [-0.39, 0.29) is 36.7 Å². The molecule has 2 heterocycles. The third-order valence-electron chi connectivity index (χ3n) is 6.88. The molecule has 5 rings (SSSR count). The normalized spacial score (nSPS) is 23.6. The second-order valence-electron chi connectivity index (χ2n) is 9.43. The summed E-state index contributed by atoms with van der Waals surface area (Å²) in [4.78, 5) is 25.3. The van der Waals surface area contributed by atoms with Crippen molar-refractivity contribution >= 4 is 69.5 Å². The van der Waals surface area contributed by atoms with Crippen molar-refractivity contribution < 1.29 is 13.6 Å². The largest absolute Gasteiger partial charge is 0.369 e. The van der Waals surface area contributed by atoms with E-state index in [0.29, 0.717) is 70.0 Å². The summed E-state index contributed by atoms with van der Waals surface area (Å²) in [7, 11) is 0. The number of aromatic nitrogens is 4. The number of alkyl halides is 2. The molecule has 2 aromatic heterocycles. The van der Waals surface area contributed by atoms with Crippen LogP contribution in [0.5, 0.6) is 0 Å². The van der Waals surface area contributed by atoms with Crippen molar-refractivity contribution in [1.29, 1.82) is 0 Å². The minimum atomic E-state index is -2.68. The molecule has 0 radical (unpaired) electrons. The average Bonchev–Trinajstić information content (AvgIpc) is 3.34. The van der Waals surface area contributed by atoms with Crippen molar-refractivity contribution in [1.82, 2.24) is 19.5 Å². The number of carbonyl (C=O) groups is 1.